The topological polar surface area (TPSA) is 82.3 Å². The van der Waals surface area contributed by atoms with Crippen molar-refractivity contribution in [3.05, 3.63) is 23.2 Å². The Hall–Kier alpha value is -0.840. The first-order valence-corrected chi connectivity index (χ1v) is 9.80. The number of nitrogens with one attached hydrogen (secondary N) is 2. The molecule has 162 valence electrons. The first kappa shape index (κ1) is 25.2. The van der Waals surface area contributed by atoms with Crippen molar-refractivity contribution in [1.29, 1.82) is 0 Å². The van der Waals surface area contributed by atoms with E-state index in [1.807, 2.05) is 26.8 Å². The first-order chi connectivity index (χ1) is 12.7. The molecule has 8 heteroatoms. The number of furan rings is 1. The molecule has 1 atom stereocenters. The highest BCUT2D eigenvalue weighted by Crippen LogP contribution is 2.26. The summed E-state index contributed by atoms with van der Waals surface area (Å²) < 4.78 is 11.0. The Morgan fingerprint density at radius 1 is 1.21 bits per heavy atom. The van der Waals surface area contributed by atoms with Gasteiger partial charge in [-0.3, -0.25) is 9.89 Å². The van der Waals surface area contributed by atoms with Crippen LogP contribution in [-0.2, 0) is 10.3 Å². The van der Waals surface area contributed by atoms with Gasteiger partial charge in [-0.2, -0.15) is 0 Å². The minimum atomic E-state index is -1.04. The highest BCUT2D eigenvalue weighted by atomic mass is 127. The predicted octanol–water partition coefficient (Wildman–Crippen LogP) is 2.39. The van der Waals surface area contributed by atoms with Crippen molar-refractivity contribution in [3.63, 3.8) is 0 Å². The summed E-state index contributed by atoms with van der Waals surface area (Å²) in [6.07, 6.45) is 0. The summed E-state index contributed by atoms with van der Waals surface area (Å²) in [5.74, 6) is 2.25. The minimum Gasteiger partial charge on any atom is -0.466 e. The minimum absolute atomic E-state index is 0. The lowest BCUT2D eigenvalue weighted by Crippen LogP contribution is -2.52. The molecule has 0 spiro atoms. The number of hydrogen-bond donors (Lipinski definition) is 3. The van der Waals surface area contributed by atoms with Crippen molar-refractivity contribution in [1.82, 2.24) is 15.5 Å². The van der Waals surface area contributed by atoms with Crippen molar-refractivity contribution in [2.75, 3.05) is 45.9 Å². The largest absolute Gasteiger partial charge is 0.466 e. The molecule has 28 heavy (non-hydrogen) atoms. The molecule has 1 saturated heterocycles. The fourth-order valence-electron chi connectivity index (χ4n) is 3.40. The summed E-state index contributed by atoms with van der Waals surface area (Å²) in [5, 5.41) is 17.4. The molecule has 0 radical (unpaired) electrons. The molecule has 7 nitrogen and oxygen atoms in total. The Bertz CT molecular complexity index is 637. The van der Waals surface area contributed by atoms with Crippen LogP contribution in [0.5, 0.6) is 0 Å². The van der Waals surface area contributed by atoms with Crippen LogP contribution >= 0.6 is 24.0 Å². The number of hydrogen-bond acceptors (Lipinski definition) is 5. The van der Waals surface area contributed by atoms with E-state index in [1.165, 1.54) is 0 Å². The van der Waals surface area contributed by atoms with Gasteiger partial charge in [0.1, 0.15) is 17.1 Å². The monoisotopic (exact) mass is 508 g/mol. The van der Waals surface area contributed by atoms with E-state index in [4.69, 9.17) is 14.1 Å². The van der Waals surface area contributed by atoms with Crippen LogP contribution in [0.15, 0.2) is 15.5 Å². The Kier molecular flexibility index (Phi) is 9.72. The Labute approximate surface area is 186 Å². The Morgan fingerprint density at radius 2 is 1.86 bits per heavy atom. The number of guanidine groups is 1. The quantitative estimate of drug-likeness (QED) is 0.298. The van der Waals surface area contributed by atoms with Gasteiger partial charge in [-0.25, -0.2) is 0 Å². The van der Waals surface area contributed by atoms with Gasteiger partial charge in [-0.1, -0.05) is 0 Å². The maximum atomic E-state index is 10.9. The van der Waals surface area contributed by atoms with Gasteiger partial charge in [0.15, 0.2) is 5.96 Å². The van der Waals surface area contributed by atoms with E-state index < -0.39 is 5.60 Å². The number of morpholine rings is 1. The summed E-state index contributed by atoms with van der Waals surface area (Å²) in [5.41, 5.74) is -0.290. The second-order valence-electron chi connectivity index (χ2n) is 8.06. The van der Waals surface area contributed by atoms with E-state index in [1.54, 1.807) is 6.92 Å². The third-order valence-electron chi connectivity index (χ3n) is 5.06. The maximum Gasteiger partial charge on any atom is 0.191 e. The van der Waals surface area contributed by atoms with Gasteiger partial charge >= 0.3 is 0 Å². The summed E-state index contributed by atoms with van der Waals surface area (Å²) in [6, 6.07) is 1.89. The zero-order chi connectivity index (χ0) is 20.1. The smallest absolute Gasteiger partial charge is 0.191 e. The van der Waals surface area contributed by atoms with E-state index in [2.05, 4.69) is 29.4 Å². The molecule has 0 bridgehead atoms. The normalized spacial score (nSPS) is 18.3. The summed E-state index contributed by atoms with van der Waals surface area (Å²) in [6.45, 7) is 17.2. The molecular weight excluding hydrogens is 471 g/mol. The average Bonchev–Trinajstić information content (AvgIpc) is 2.97. The lowest BCUT2D eigenvalue weighted by atomic mass is 9.96. The number of ether oxygens (including phenoxy) is 1. The number of nitrogens with zero attached hydrogens (tertiary/aromatic N) is 2. The molecular formula is C20H37IN4O3. The van der Waals surface area contributed by atoms with Crippen molar-refractivity contribution < 1.29 is 14.3 Å². The fraction of sp³-hybridized carbons (Fsp3) is 0.750. The Balaban J connectivity index is 0.00000392. The number of aryl methyl sites for hydroxylation is 2. The number of halogens is 1. The van der Waals surface area contributed by atoms with Crippen LogP contribution < -0.4 is 10.6 Å². The zero-order valence-corrected chi connectivity index (χ0v) is 20.4. The number of rotatable bonds is 7. The summed E-state index contributed by atoms with van der Waals surface area (Å²) in [7, 11) is 0. The highest BCUT2D eigenvalue weighted by molar-refractivity contribution is 14.0. The second kappa shape index (κ2) is 10.8. The van der Waals surface area contributed by atoms with Gasteiger partial charge in [0, 0.05) is 30.7 Å². The number of aliphatic hydroxyl groups is 1. The van der Waals surface area contributed by atoms with Crippen LogP contribution in [0.25, 0.3) is 0 Å². The van der Waals surface area contributed by atoms with Gasteiger partial charge in [0.05, 0.1) is 26.3 Å². The molecule has 1 aliphatic rings. The van der Waals surface area contributed by atoms with Gasteiger partial charge < -0.3 is 24.9 Å². The van der Waals surface area contributed by atoms with Crippen LogP contribution in [0.3, 0.4) is 0 Å². The molecule has 0 aromatic carbocycles. The van der Waals surface area contributed by atoms with E-state index in [0.29, 0.717) is 19.0 Å². The first-order valence-electron chi connectivity index (χ1n) is 9.80. The molecule has 2 heterocycles. The molecule has 0 aliphatic carbocycles. The van der Waals surface area contributed by atoms with E-state index in [-0.39, 0.29) is 29.5 Å². The van der Waals surface area contributed by atoms with Crippen LogP contribution in [-0.4, -0.2) is 67.4 Å². The van der Waals surface area contributed by atoms with Crippen LogP contribution in [0.2, 0.25) is 0 Å². The van der Waals surface area contributed by atoms with E-state index in [0.717, 1.165) is 49.9 Å². The van der Waals surface area contributed by atoms with Crippen molar-refractivity contribution in [3.8, 4) is 0 Å². The maximum absolute atomic E-state index is 10.9. The van der Waals surface area contributed by atoms with Crippen molar-refractivity contribution >= 4 is 29.9 Å². The average molecular weight is 508 g/mol. The van der Waals surface area contributed by atoms with Crippen molar-refractivity contribution in [2.24, 2.45) is 4.99 Å². The van der Waals surface area contributed by atoms with Crippen LogP contribution in [0.4, 0.5) is 0 Å². The molecule has 0 saturated carbocycles. The molecule has 2 rings (SSSR count). The lowest BCUT2D eigenvalue weighted by Gasteiger charge is -2.40. The molecule has 0 amide bonds. The van der Waals surface area contributed by atoms with Gasteiger partial charge in [-0.15, -0.1) is 24.0 Å². The van der Waals surface area contributed by atoms with Crippen LogP contribution in [0.1, 0.15) is 44.8 Å². The predicted molar refractivity (Wildman–Crippen MR) is 124 cm³/mol. The third-order valence-corrected chi connectivity index (χ3v) is 5.06. The number of aliphatic imine (C=N–C) groups is 1. The van der Waals surface area contributed by atoms with Crippen molar-refractivity contribution in [2.45, 2.75) is 52.7 Å². The SMILES string of the molecule is CCNC(=NCC(C)(C)N1CCOCC1)NCC(C)(O)c1cc(C)oc1C.I. The zero-order valence-electron chi connectivity index (χ0n) is 18.1. The third kappa shape index (κ3) is 6.89. The molecule has 3 N–H and O–H groups in total. The second-order valence-corrected chi connectivity index (χ2v) is 8.06. The molecule has 1 aliphatic heterocycles. The Morgan fingerprint density at radius 3 is 2.39 bits per heavy atom. The molecule has 1 unspecified atom stereocenters. The highest BCUT2D eigenvalue weighted by Gasteiger charge is 2.29. The standard InChI is InChI=1S/C20H36N4O3.HI/c1-7-21-18(22-13-19(4,5)24-8-10-26-11-9-24)23-14-20(6,25)17-12-15(2)27-16(17)3;/h12,25H,7-11,13-14H2,1-6H3,(H2,21,22,23);1H. The summed E-state index contributed by atoms with van der Waals surface area (Å²) in [4.78, 5) is 7.18. The van der Waals surface area contributed by atoms with E-state index in [9.17, 15) is 5.11 Å². The van der Waals surface area contributed by atoms with Gasteiger partial charge in [-0.05, 0) is 47.6 Å². The molecule has 1 aromatic rings. The summed E-state index contributed by atoms with van der Waals surface area (Å²) >= 11 is 0. The fourth-order valence-corrected chi connectivity index (χ4v) is 3.40. The molecule has 1 aromatic heterocycles. The lowest BCUT2D eigenvalue weighted by molar-refractivity contribution is -0.00685. The molecule has 1 fully saturated rings. The van der Waals surface area contributed by atoms with Crippen LogP contribution in [0, 0.1) is 13.8 Å². The van der Waals surface area contributed by atoms with E-state index >= 15 is 0 Å². The van der Waals surface area contributed by atoms with Gasteiger partial charge in [0.2, 0.25) is 0 Å². The van der Waals surface area contributed by atoms with Gasteiger partial charge in [0.25, 0.3) is 0 Å².